The molecule has 0 radical (unpaired) electrons. The molecule has 122 valence electrons. The van der Waals surface area contributed by atoms with Gasteiger partial charge < -0.3 is 15.5 Å². The number of carbonyl (C=O) groups excluding carboxylic acids is 1. The highest BCUT2D eigenvalue weighted by atomic mass is 79.9. The number of anilines is 1. The van der Waals surface area contributed by atoms with E-state index in [9.17, 15) is 4.79 Å². The number of nitrogen functional groups attached to an aromatic ring is 1. The first-order chi connectivity index (χ1) is 11.5. The number of oxazole rings is 1. The molecule has 1 atom stereocenters. The van der Waals surface area contributed by atoms with E-state index in [1.807, 2.05) is 43.3 Å². The lowest BCUT2D eigenvalue weighted by Gasteiger charge is -2.13. The van der Waals surface area contributed by atoms with E-state index in [4.69, 9.17) is 10.2 Å². The highest BCUT2D eigenvalue weighted by Crippen LogP contribution is 2.25. The fourth-order valence-electron chi connectivity index (χ4n) is 2.30. The molecule has 1 heterocycles. The molecule has 3 N–H and O–H groups in total. The molecule has 0 spiro atoms. The number of hydrogen-bond donors (Lipinski definition) is 2. The lowest BCUT2D eigenvalue weighted by Crippen LogP contribution is -2.26. The van der Waals surface area contributed by atoms with Crippen molar-refractivity contribution in [2.45, 2.75) is 13.0 Å². The molecule has 6 heteroatoms. The topological polar surface area (TPSA) is 81.2 Å². The average Bonchev–Trinajstić information content (AvgIpc) is 3.05. The van der Waals surface area contributed by atoms with E-state index in [-0.39, 0.29) is 17.6 Å². The van der Waals surface area contributed by atoms with Crippen LogP contribution < -0.4 is 11.1 Å². The zero-order chi connectivity index (χ0) is 17.1. The van der Waals surface area contributed by atoms with Crippen LogP contribution in [0, 0.1) is 0 Å². The van der Waals surface area contributed by atoms with Gasteiger partial charge in [0.05, 0.1) is 11.6 Å². The fraction of sp³-hybridized carbons (Fsp3) is 0.111. The molecule has 2 aromatic carbocycles. The summed E-state index contributed by atoms with van der Waals surface area (Å²) in [6, 6.07) is 14.9. The molecule has 3 rings (SSSR count). The number of aromatic nitrogens is 1. The zero-order valence-electron chi connectivity index (χ0n) is 13.0. The Balaban J connectivity index is 1.74. The van der Waals surface area contributed by atoms with Crippen LogP contribution in [0.25, 0.3) is 11.5 Å². The Morgan fingerprint density at radius 3 is 2.62 bits per heavy atom. The van der Waals surface area contributed by atoms with Gasteiger partial charge in [-0.25, -0.2) is 4.98 Å². The first-order valence-electron chi connectivity index (χ1n) is 7.41. The minimum atomic E-state index is -0.296. The molecule has 0 saturated heterocycles. The lowest BCUT2D eigenvalue weighted by molar-refractivity contribution is 0.0935. The van der Waals surface area contributed by atoms with E-state index < -0.39 is 0 Å². The van der Waals surface area contributed by atoms with Crippen molar-refractivity contribution in [1.29, 1.82) is 0 Å². The van der Waals surface area contributed by atoms with Crippen LogP contribution in [0.4, 0.5) is 5.69 Å². The van der Waals surface area contributed by atoms with Gasteiger partial charge in [0.25, 0.3) is 5.91 Å². The van der Waals surface area contributed by atoms with Crippen LogP contribution in [0.3, 0.4) is 0 Å². The number of rotatable bonds is 4. The van der Waals surface area contributed by atoms with Gasteiger partial charge in [-0.1, -0.05) is 40.2 Å². The highest BCUT2D eigenvalue weighted by Gasteiger charge is 2.17. The molecule has 24 heavy (non-hydrogen) atoms. The van der Waals surface area contributed by atoms with Gasteiger partial charge in [-0.2, -0.15) is 0 Å². The number of halogens is 1. The van der Waals surface area contributed by atoms with Crippen molar-refractivity contribution in [2.24, 2.45) is 0 Å². The van der Waals surface area contributed by atoms with E-state index in [2.05, 4.69) is 26.2 Å². The van der Waals surface area contributed by atoms with Crippen LogP contribution in [0.15, 0.2) is 63.7 Å². The van der Waals surface area contributed by atoms with E-state index in [1.54, 1.807) is 12.1 Å². The second-order valence-electron chi connectivity index (χ2n) is 5.37. The maximum Gasteiger partial charge on any atom is 0.273 e. The Bertz CT molecular complexity index is 859. The van der Waals surface area contributed by atoms with Gasteiger partial charge in [0.2, 0.25) is 5.89 Å². The average molecular weight is 386 g/mol. The third-order valence-electron chi connectivity index (χ3n) is 3.65. The molecule has 0 aliphatic rings. The summed E-state index contributed by atoms with van der Waals surface area (Å²) in [5, 5.41) is 2.90. The van der Waals surface area contributed by atoms with Crippen LogP contribution in [0.2, 0.25) is 0 Å². The molecule has 0 saturated carbocycles. The molecule has 3 aromatic rings. The van der Waals surface area contributed by atoms with Crippen molar-refractivity contribution < 1.29 is 9.21 Å². The quantitative estimate of drug-likeness (QED) is 0.660. The summed E-state index contributed by atoms with van der Waals surface area (Å²) in [7, 11) is 0. The predicted octanol–water partition coefficient (Wildman–Crippen LogP) is 4.18. The van der Waals surface area contributed by atoms with Crippen LogP contribution >= 0.6 is 15.9 Å². The number of carbonyl (C=O) groups is 1. The maximum absolute atomic E-state index is 12.4. The summed E-state index contributed by atoms with van der Waals surface area (Å²) in [5.74, 6) is 0.0319. The summed E-state index contributed by atoms with van der Waals surface area (Å²) in [4.78, 5) is 16.6. The molecule has 5 nitrogen and oxygen atoms in total. The highest BCUT2D eigenvalue weighted by molar-refractivity contribution is 9.10. The van der Waals surface area contributed by atoms with Gasteiger partial charge in [0.15, 0.2) is 5.69 Å². The van der Waals surface area contributed by atoms with Crippen molar-refractivity contribution in [3.8, 4) is 11.5 Å². The number of nitrogens with zero attached hydrogens (tertiary/aromatic N) is 1. The standard InChI is InChI=1S/C18H16BrN3O2/c1-11(12-6-8-13(19)9-7-12)21-17(23)16-10-24-18(22-16)14-4-2-3-5-15(14)20/h2-11H,20H2,1H3,(H,21,23). The monoisotopic (exact) mass is 385 g/mol. The van der Waals surface area contributed by atoms with Crippen molar-refractivity contribution in [1.82, 2.24) is 10.3 Å². The summed E-state index contributed by atoms with van der Waals surface area (Å²) < 4.78 is 6.39. The molecule has 1 amide bonds. The van der Waals surface area contributed by atoms with E-state index in [1.165, 1.54) is 6.26 Å². The number of amides is 1. The van der Waals surface area contributed by atoms with Crippen LogP contribution in [0.5, 0.6) is 0 Å². The lowest BCUT2D eigenvalue weighted by atomic mass is 10.1. The van der Waals surface area contributed by atoms with Crippen molar-refractivity contribution in [3.05, 3.63) is 70.5 Å². The minimum Gasteiger partial charge on any atom is -0.444 e. The van der Waals surface area contributed by atoms with Crippen molar-refractivity contribution in [3.63, 3.8) is 0 Å². The smallest absolute Gasteiger partial charge is 0.273 e. The molecule has 0 fully saturated rings. The van der Waals surface area contributed by atoms with Crippen molar-refractivity contribution >= 4 is 27.5 Å². The third kappa shape index (κ3) is 3.49. The number of para-hydroxylation sites is 1. The summed E-state index contributed by atoms with van der Waals surface area (Å²) in [6.45, 7) is 1.91. The van der Waals surface area contributed by atoms with Crippen LogP contribution in [-0.2, 0) is 0 Å². The minimum absolute atomic E-state index is 0.146. The molecule has 0 bridgehead atoms. The number of nitrogens with one attached hydrogen (secondary N) is 1. The largest absolute Gasteiger partial charge is 0.444 e. The van der Waals surface area contributed by atoms with E-state index in [0.29, 0.717) is 17.1 Å². The number of hydrogen-bond acceptors (Lipinski definition) is 4. The predicted molar refractivity (Wildman–Crippen MR) is 96.4 cm³/mol. The van der Waals surface area contributed by atoms with Gasteiger partial charge in [-0.05, 0) is 36.8 Å². The normalized spacial score (nSPS) is 11.9. The Kier molecular flexibility index (Phi) is 4.66. The molecule has 1 unspecified atom stereocenters. The summed E-state index contributed by atoms with van der Waals surface area (Å²) in [6.07, 6.45) is 1.34. The number of benzene rings is 2. The Labute approximate surface area is 148 Å². The van der Waals surface area contributed by atoms with Crippen LogP contribution in [-0.4, -0.2) is 10.9 Å². The fourth-order valence-corrected chi connectivity index (χ4v) is 2.56. The summed E-state index contributed by atoms with van der Waals surface area (Å²) in [5.41, 5.74) is 8.34. The second-order valence-corrected chi connectivity index (χ2v) is 6.29. The van der Waals surface area contributed by atoms with Gasteiger partial charge in [-0.15, -0.1) is 0 Å². The second kappa shape index (κ2) is 6.88. The molecule has 0 aliphatic heterocycles. The molecular weight excluding hydrogens is 370 g/mol. The third-order valence-corrected chi connectivity index (χ3v) is 4.17. The first-order valence-corrected chi connectivity index (χ1v) is 8.20. The van der Waals surface area contributed by atoms with E-state index >= 15 is 0 Å². The van der Waals surface area contributed by atoms with E-state index in [0.717, 1.165) is 10.0 Å². The Morgan fingerprint density at radius 2 is 1.92 bits per heavy atom. The Morgan fingerprint density at radius 1 is 1.21 bits per heavy atom. The Hall–Kier alpha value is -2.60. The summed E-state index contributed by atoms with van der Waals surface area (Å²) >= 11 is 3.39. The molecule has 0 aliphatic carbocycles. The molecule has 1 aromatic heterocycles. The van der Waals surface area contributed by atoms with Gasteiger partial charge in [-0.3, -0.25) is 4.79 Å². The zero-order valence-corrected chi connectivity index (χ0v) is 14.6. The maximum atomic E-state index is 12.4. The van der Waals surface area contributed by atoms with Gasteiger partial charge >= 0.3 is 0 Å². The SMILES string of the molecule is CC(NC(=O)c1coc(-c2ccccc2N)n1)c1ccc(Br)cc1. The van der Waals surface area contributed by atoms with Gasteiger partial charge in [0.1, 0.15) is 6.26 Å². The number of nitrogens with two attached hydrogens (primary N) is 1. The molecular formula is C18H16BrN3O2. The van der Waals surface area contributed by atoms with Gasteiger partial charge in [0, 0.05) is 10.2 Å². The van der Waals surface area contributed by atoms with Crippen molar-refractivity contribution in [2.75, 3.05) is 5.73 Å². The first kappa shape index (κ1) is 16.3. The van der Waals surface area contributed by atoms with Crippen LogP contribution in [0.1, 0.15) is 29.0 Å².